The average molecular weight is 494 g/mol. The molecule has 178 valence electrons. The molecule has 0 aliphatic carbocycles. The minimum absolute atomic E-state index is 0. The summed E-state index contributed by atoms with van der Waals surface area (Å²) >= 11 is 0. The predicted molar refractivity (Wildman–Crippen MR) is 146 cm³/mol. The van der Waals surface area contributed by atoms with E-state index >= 15 is 0 Å². The largest absolute Gasteiger partial charge is 0.131 e. The molecule has 2 heteroatoms. The van der Waals surface area contributed by atoms with E-state index < -0.39 is 0 Å². The van der Waals surface area contributed by atoms with Crippen molar-refractivity contribution in [3.63, 3.8) is 0 Å². The molecule has 0 aliphatic heterocycles. The van der Waals surface area contributed by atoms with Gasteiger partial charge < -0.3 is 0 Å². The van der Waals surface area contributed by atoms with Gasteiger partial charge in [-0.05, 0) is 36.8 Å². The van der Waals surface area contributed by atoms with Gasteiger partial charge in [0.2, 0.25) is 0 Å². The summed E-state index contributed by atoms with van der Waals surface area (Å²) in [4.78, 5) is 0. The van der Waals surface area contributed by atoms with Crippen LogP contribution < -0.4 is 0 Å². The number of hydrogen-bond donors (Lipinski definition) is 0. The number of hydrogen-bond acceptors (Lipinski definition) is 0. The van der Waals surface area contributed by atoms with Crippen molar-refractivity contribution in [1.29, 1.82) is 0 Å². The van der Waals surface area contributed by atoms with Crippen molar-refractivity contribution in [3.8, 4) is 0 Å². The Morgan fingerprint density at radius 2 is 0.828 bits per heavy atom. The maximum atomic E-state index is 3.45. The van der Waals surface area contributed by atoms with E-state index in [-0.39, 0.29) is 17.0 Å². The van der Waals surface area contributed by atoms with Crippen LogP contribution in [0.4, 0.5) is 0 Å². The topological polar surface area (TPSA) is 0 Å². The van der Waals surface area contributed by atoms with E-state index in [2.05, 4.69) is 36.9 Å². The molecular weight excluding hydrogens is 435 g/mol. The van der Waals surface area contributed by atoms with Crippen molar-refractivity contribution in [3.05, 3.63) is 0 Å². The molecule has 0 aliphatic rings. The van der Waals surface area contributed by atoms with Gasteiger partial charge in [0.15, 0.2) is 0 Å². The second-order valence-corrected chi connectivity index (χ2v) is 10.8. The third-order valence-electron chi connectivity index (χ3n) is 6.87. The molecular formula is C27H58BrP. The lowest BCUT2D eigenvalue weighted by molar-refractivity contribution is 0.271. The van der Waals surface area contributed by atoms with E-state index in [4.69, 9.17) is 0 Å². The molecule has 0 bridgehead atoms. The highest BCUT2D eigenvalue weighted by Crippen LogP contribution is 2.43. The lowest BCUT2D eigenvalue weighted by atomic mass is 9.77. The van der Waals surface area contributed by atoms with Crippen LogP contribution in [0.15, 0.2) is 0 Å². The summed E-state index contributed by atoms with van der Waals surface area (Å²) in [6, 6.07) is 0. The van der Waals surface area contributed by atoms with Crippen LogP contribution in [0.2, 0.25) is 0 Å². The number of unbranched alkanes of at least 4 members (excludes halogenated alkanes) is 13. The molecule has 0 heterocycles. The van der Waals surface area contributed by atoms with E-state index in [9.17, 15) is 0 Å². The smallest absolute Gasteiger partial charge is 0.0122 e. The zero-order valence-corrected chi connectivity index (χ0v) is 23.8. The van der Waals surface area contributed by atoms with Crippen LogP contribution in [0.1, 0.15) is 163 Å². The Kier molecular flexibility index (Phi) is 26.1. The third-order valence-corrected chi connectivity index (χ3v) is 7.92. The predicted octanol–water partition coefficient (Wildman–Crippen LogP) is 11.1. The molecule has 2 unspecified atom stereocenters. The monoisotopic (exact) mass is 492 g/mol. The van der Waals surface area contributed by atoms with E-state index in [0.717, 1.165) is 5.92 Å². The van der Waals surface area contributed by atoms with E-state index in [1.807, 2.05) is 0 Å². The molecule has 0 aromatic heterocycles. The molecule has 0 N–H and O–H groups in total. The SMILES string of the molecule is Br.CCCCCCCC(CCCC)C(P)(CCCCCCC)CCCCCCC. The van der Waals surface area contributed by atoms with Crippen LogP contribution in [-0.4, -0.2) is 5.16 Å². The van der Waals surface area contributed by atoms with E-state index in [0.29, 0.717) is 5.16 Å². The van der Waals surface area contributed by atoms with Gasteiger partial charge in [-0.1, -0.05) is 137 Å². The lowest BCUT2D eigenvalue weighted by Crippen LogP contribution is -2.32. The van der Waals surface area contributed by atoms with Crippen LogP contribution in [0.25, 0.3) is 0 Å². The van der Waals surface area contributed by atoms with Crippen molar-refractivity contribution in [2.45, 2.75) is 168 Å². The Hall–Kier alpha value is 0.910. The highest BCUT2D eigenvalue weighted by atomic mass is 79.9. The summed E-state index contributed by atoms with van der Waals surface area (Å²) in [6.45, 7) is 9.36. The van der Waals surface area contributed by atoms with Crippen LogP contribution >= 0.6 is 26.2 Å². The van der Waals surface area contributed by atoms with Crippen molar-refractivity contribution < 1.29 is 0 Å². The van der Waals surface area contributed by atoms with Crippen LogP contribution in [0, 0.1) is 5.92 Å². The van der Waals surface area contributed by atoms with E-state index in [1.165, 1.54) is 135 Å². The van der Waals surface area contributed by atoms with Gasteiger partial charge >= 0.3 is 0 Å². The molecule has 0 fully saturated rings. The molecule has 0 aromatic carbocycles. The third kappa shape index (κ3) is 18.2. The molecule has 2 atom stereocenters. The average Bonchev–Trinajstić information content (AvgIpc) is 2.69. The molecule has 0 amide bonds. The first-order valence-corrected chi connectivity index (χ1v) is 14.0. The maximum absolute atomic E-state index is 3.45. The number of halogens is 1. The Bertz CT molecular complexity index is 291. The highest BCUT2D eigenvalue weighted by Gasteiger charge is 2.32. The van der Waals surface area contributed by atoms with Crippen molar-refractivity contribution >= 4 is 26.2 Å². The van der Waals surface area contributed by atoms with Gasteiger partial charge in [-0.2, -0.15) is 0 Å². The standard InChI is InChI=1S/C27H57P.BrH/c1-5-9-13-16-19-23-26(22-12-8-4)27(28,24-20-17-14-10-6-2)25-21-18-15-11-7-3;/h26H,5-25,28H2,1-4H3;1H. The fraction of sp³-hybridized carbons (Fsp3) is 1.00. The molecule has 0 aromatic rings. The molecule has 29 heavy (non-hydrogen) atoms. The summed E-state index contributed by atoms with van der Waals surface area (Å²) in [5.74, 6) is 0.941. The fourth-order valence-electron chi connectivity index (χ4n) is 4.81. The quantitative estimate of drug-likeness (QED) is 0.104. The Labute approximate surface area is 199 Å². The minimum atomic E-state index is 0. The molecule has 0 radical (unpaired) electrons. The minimum Gasteiger partial charge on any atom is -0.131 e. The molecule has 0 spiro atoms. The first-order valence-electron chi connectivity index (χ1n) is 13.4. The van der Waals surface area contributed by atoms with Gasteiger partial charge in [0.25, 0.3) is 0 Å². The van der Waals surface area contributed by atoms with Gasteiger partial charge in [0.1, 0.15) is 0 Å². The second kappa shape index (κ2) is 23.6. The van der Waals surface area contributed by atoms with E-state index in [1.54, 1.807) is 0 Å². The van der Waals surface area contributed by atoms with Gasteiger partial charge in [-0.25, -0.2) is 0 Å². The van der Waals surface area contributed by atoms with Gasteiger partial charge in [0, 0.05) is 0 Å². The van der Waals surface area contributed by atoms with Crippen LogP contribution in [-0.2, 0) is 0 Å². The molecule has 0 rings (SSSR count). The van der Waals surface area contributed by atoms with Gasteiger partial charge in [0.05, 0.1) is 0 Å². The summed E-state index contributed by atoms with van der Waals surface area (Å²) < 4.78 is 0. The zero-order chi connectivity index (χ0) is 20.9. The zero-order valence-electron chi connectivity index (χ0n) is 20.9. The summed E-state index contributed by atoms with van der Waals surface area (Å²) in [6.07, 6.45) is 30.1. The lowest BCUT2D eigenvalue weighted by Gasteiger charge is -2.39. The molecule has 0 nitrogen and oxygen atoms in total. The van der Waals surface area contributed by atoms with Gasteiger partial charge in [-0.3, -0.25) is 0 Å². The summed E-state index contributed by atoms with van der Waals surface area (Å²) in [5, 5.41) is 0.526. The summed E-state index contributed by atoms with van der Waals surface area (Å²) in [5.41, 5.74) is 0. The summed E-state index contributed by atoms with van der Waals surface area (Å²) in [7, 11) is 3.45. The van der Waals surface area contributed by atoms with Crippen molar-refractivity contribution in [2.75, 3.05) is 0 Å². The highest BCUT2D eigenvalue weighted by molar-refractivity contribution is 8.93. The molecule has 0 saturated carbocycles. The van der Waals surface area contributed by atoms with Crippen LogP contribution in [0.3, 0.4) is 0 Å². The van der Waals surface area contributed by atoms with Crippen LogP contribution in [0.5, 0.6) is 0 Å². The second-order valence-electron chi connectivity index (χ2n) is 9.60. The van der Waals surface area contributed by atoms with Crippen molar-refractivity contribution in [1.82, 2.24) is 0 Å². The Morgan fingerprint density at radius 3 is 1.24 bits per heavy atom. The van der Waals surface area contributed by atoms with Crippen molar-refractivity contribution in [2.24, 2.45) is 5.92 Å². The Balaban J connectivity index is 0. The first-order chi connectivity index (χ1) is 13.6. The normalized spacial score (nSPS) is 12.7. The van der Waals surface area contributed by atoms with Gasteiger partial charge in [-0.15, -0.1) is 26.2 Å². The fourth-order valence-corrected chi connectivity index (χ4v) is 5.55. The number of rotatable bonds is 22. The first kappa shape index (κ1) is 32.1. The maximum Gasteiger partial charge on any atom is -0.0122 e. The molecule has 0 saturated heterocycles. The Morgan fingerprint density at radius 1 is 0.483 bits per heavy atom.